The zero-order valence-electron chi connectivity index (χ0n) is 13.1. The molecule has 0 aliphatic carbocycles. The minimum absolute atomic E-state index is 0.0129. The first-order valence-corrected chi connectivity index (χ1v) is 8.72. The van der Waals surface area contributed by atoms with Crippen molar-refractivity contribution in [2.45, 2.75) is 31.9 Å². The molecule has 2 heterocycles. The van der Waals surface area contributed by atoms with Crippen molar-refractivity contribution in [1.29, 1.82) is 0 Å². The van der Waals surface area contributed by atoms with Gasteiger partial charge in [-0.2, -0.15) is 0 Å². The van der Waals surface area contributed by atoms with E-state index in [9.17, 15) is 4.79 Å². The summed E-state index contributed by atoms with van der Waals surface area (Å²) >= 11 is 1.63. The lowest BCUT2D eigenvalue weighted by Gasteiger charge is -2.20. The van der Waals surface area contributed by atoms with Crippen LogP contribution in [0.2, 0.25) is 0 Å². The molecule has 6 heteroatoms. The smallest absolute Gasteiger partial charge is 0.315 e. The first-order valence-electron chi connectivity index (χ1n) is 7.84. The van der Waals surface area contributed by atoms with Crippen LogP contribution in [0.3, 0.4) is 0 Å². The summed E-state index contributed by atoms with van der Waals surface area (Å²) in [6.45, 7) is 3.24. The van der Waals surface area contributed by atoms with Crippen LogP contribution in [0, 0.1) is 6.92 Å². The van der Waals surface area contributed by atoms with E-state index in [1.54, 1.807) is 11.3 Å². The minimum Gasteiger partial charge on any atom is -0.371 e. The van der Waals surface area contributed by atoms with Crippen molar-refractivity contribution in [3.63, 3.8) is 0 Å². The van der Waals surface area contributed by atoms with Crippen LogP contribution < -0.4 is 10.6 Å². The molecule has 0 spiro atoms. The summed E-state index contributed by atoms with van der Waals surface area (Å²) in [5.74, 6) is 0. The summed E-state index contributed by atoms with van der Waals surface area (Å²) in [6.07, 6.45) is 1.52. The number of carbonyl (C=O) groups is 1. The van der Waals surface area contributed by atoms with Gasteiger partial charge in [0, 0.05) is 25.0 Å². The van der Waals surface area contributed by atoms with Gasteiger partial charge in [-0.3, -0.25) is 0 Å². The standard InChI is InChI=1S/C17H21N3O2S/c1-12-19-14(11-23-12)7-9-18-17(21)20-15-8-10-22-16(15)13-5-3-2-4-6-13/h2-6,11,15-16H,7-10H2,1H3,(H2,18,20,21)/t15-,16+/m1/s1. The molecule has 0 unspecified atom stereocenters. The van der Waals surface area contributed by atoms with Gasteiger partial charge in [-0.25, -0.2) is 9.78 Å². The van der Waals surface area contributed by atoms with Crippen LogP contribution in [-0.2, 0) is 11.2 Å². The second-order valence-corrected chi connectivity index (χ2v) is 6.67. The Morgan fingerprint density at radius 3 is 2.96 bits per heavy atom. The molecule has 2 amide bonds. The van der Waals surface area contributed by atoms with Gasteiger partial charge in [-0.1, -0.05) is 30.3 Å². The molecule has 1 aromatic carbocycles. The van der Waals surface area contributed by atoms with Crippen molar-refractivity contribution in [1.82, 2.24) is 15.6 Å². The lowest BCUT2D eigenvalue weighted by molar-refractivity contribution is 0.0999. The van der Waals surface area contributed by atoms with Crippen LogP contribution in [0.25, 0.3) is 0 Å². The Morgan fingerprint density at radius 1 is 1.39 bits per heavy atom. The number of ether oxygens (including phenoxy) is 1. The summed E-state index contributed by atoms with van der Waals surface area (Å²) in [5.41, 5.74) is 2.13. The molecule has 2 atom stereocenters. The first kappa shape index (κ1) is 16.0. The van der Waals surface area contributed by atoms with E-state index < -0.39 is 0 Å². The molecule has 5 nitrogen and oxygen atoms in total. The van der Waals surface area contributed by atoms with E-state index in [0.717, 1.165) is 29.1 Å². The second kappa shape index (κ2) is 7.57. The third kappa shape index (κ3) is 4.30. The normalized spacial score (nSPS) is 20.4. The predicted octanol–water partition coefficient (Wildman–Crippen LogP) is 2.82. The highest BCUT2D eigenvalue weighted by molar-refractivity contribution is 7.09. The average molecular weight is 331 g/mol. The zero-order valence-corrected chi connectivity index (χ0v) is 13.9. The highest BCUT2D eigenvalue weighted by Gasteiger charge is 2.30. The number of benzene rings is 1. The molecule has 23 heavy (non-hydrogen) atoms. The Balaban J connectivity index is 1.47. The van der Waals surface area contributed by atoms with Crippen LogP contribution in [0.15, 0.2) is 35.7 Å². The Hall–Kier alpha value is -1.92. The molecule has 0 radical (unpaired) electrons. The number of carbonyl (C=O) groups excluding carboxylic acids is 1. The molecule has 2 aromatic rings. The average Bonchev–Trinajstić information content (AvgIpc) is 3.17. The largest absolute Gasteiger partial charge is 0.371 e. The topological polar surface area (TPSA) is 63.2 Å². The predicted molar refractivity (Wildman–Crippen MR) is 90.6 cm³/mol. The molecule has 1 fully saturated rings. The van der Waals surface area contributed by atoms with Crippen molar-refractivity contribution in [3.8, 4) is 0 Å². The molecule has 0 saturated carbocycles. The van der Waals surface area contributed by atoms with E-state index in [-0.39, 0.29) is 18.2 Å². The van der Waals surface area contributed by atoms with E-state index in [4.69, 9.17) is 4.74 Å². The summed E-state index contributed by atoms with van der Waals surface area (Å²) in [6, 6.07) is 9.90. The third-order valence-corrected chi connectivity index (χ3v) is 4.69. The van der Waals surface area contributed by atoms with Crippen molar-refractivity contribution in [3.05, 3.63) is 52.0 Å². The fourth-order valence-electron chi connectivity index (χ4n) is 2.76. The van der Waals surface area contributed by atoms with Gasteiger partial charge in [-0.15, -0.1) is 11.3 Å². The molecule has 1 aromatic heterocycles. The highest BCUT2D eigenvalue weighted by atomic mass is 32.1. The van der Waals surface area contributed by atoms with Gasteiger partial charge in [0.2, 0.25) is 0 Å². The van der Waals surface area contributed by atoms with Crippen LogP contribution in [0.4, 0.5) is 4.79 Å². The number of thiazole rings is 1. The van der Waals surface area contributed by atoms with Gasteiger partial charge in [0.05, 0.1) is 16.7 Å². The maximum absolute atomic E-state index is 12.1. The first-order chi connectivity index (χ1) is 11.2. The van der Waals surface area contributed by atoms with Gasteiger partial charge < -0.3 is 15.4 Å². The monoisotopic (exact) mass is 331 g/mol. The zero-order chi connectivity index (χ0) is 16.1. The maximum atomic E-state index is 12.1. The Morgan fingerprint density at radius 2 is 2.22 bits per heavy atom. The summed E-state index contributed by atoms with van der Waals surface area (Å²) in [4.78, 5) is 16.5. The van der Waals surface area contributed by atoms with E-state index in [2.05, 4.69) is 15.6 Å². The Kier molecular flexibility index (Phi) is 5.25. The maximum Gasteiger partial charge on any atom is 0.315 e. The van der Waals surface area contributed by atoms with E-state index in [1.807, 2.05) is 42.6 Å². The third-order valence-electron chi connectivity index (χ3n) is 3.87. The molecule has 122 valence electrons. The van der Waals surface area contributed by atoms with Gasteiger partial charge in [-0.05, 0) is 18.9 Å². The Bertz CT molecular complexity index is 644. The van der Waals surface area contributed by atoms with Crippen molar-refractivity contribution in [2.24, 2.45) is 0 Å². The summed E-state index contributed by atoms with van der Waals surface area (Å²) in [5, 5.41) is 9.01. The fourth-order valence-corrected chi connectivity index (χ4v) is 3.40. The molecule has 0 bridgehead atoms. The molecule has 1 saturated heterocycles. The number of aryl methyl sites for hydroxylation is 1. The lowest BCUT2D eigenvalue weighted by atomic mass is 10.0. The van der Waals surface area contributed by atoms with Crippen LogP contribution in [0.1, 0.15) is 28.8 Å². The number of nitrogens with one attached hydrogen (secondary N) is 2. The van der Waals surface area contributed by atoms with E-state index in [1.165, 1.54) is 0 Å². The van der Waals surface area contributed by atoms with Crippen LogP contribution in [0.5, 0.6) is 0 Å². The number of amides is 2. The van der Waals surface area contributed by atoms with E-state index in [0.29, 0.717) is 13.2 Å². The molecule has 2 N–H and O–H groups in total. The second-order valence-electron chi connectivity index (χ2n) is 5.61. The number of nitrogens with zero attached hydrogens (tertiary/aromatic N) is 1. The summed E-state index contributed by atoms with van der Waals surface area (Å²) in [7, 11) is 0. The number of hydrogen-bond acceptors (Lipinski definition) is 4. The van der Waals surface area contributed by atoms with Crippen molar-refractivity contribution < 1.29 is 9.53 Å². The number of hydrogen-bond donors (Lipinski definition) is 2. The van der Waals surface area contributed by atoms with Gasteiger partial charge in [0.25, 0.3) is 0 Å². The fraction of sp³-hybridized carbons (Fsp3) is 0.412. The summed E-state index contributed by atoms with van der Waals surface area (Å²) < 4.78 is 5.78. The molecule has 1 aliphatic heterocycles. The number of urea groups is 1. The molecular formula is C17H21N3O2S. The molecular weight excluding hydrogens is 310 g/mol. The van der Waals surface area contributed by atoms with E-state index >= 15 is 0 Å². The quantitative estimate of drug-likeness (QED) is 0.885. The van der Waals surface area contributed by atoms with Gasteiger partial charge in [0.15, 0.2) is 0 Å². The number of aromatic nitrogens is 1. The number of rotatable bonds is 5. The minimum atomic E-state index is -0.145. The molecule has 3 rings (SSSR count). The lowest BCUT2D eigenvalue weighted by Crippen LogP contribution is -2.43. The SMILES string of the molecule is Cc1nc(CCNC(=O)N[C@@H]2CCO[C@H]2c2ccccc2)cs1. The van der Waals surface area contributed by atoms with Crippen molar-refractivity contribution in [2.75, 3.05) is 13.2 Å². The van der Waals surface area contributed by atoms with Crippen LogP contribution >= 0.6 is 11.3 Å². The van der Waals surface area contributed by atoms with Gasteiger partial charge >= 0.3 is 6.03 Å². The molecule has 1 aliphatic rings. The Labute approximate surface area is 140 Å². The van der Waals surface area contributed by atoms with Crippen LogP contribution in [-0.4, -0.2) is 30.2 Å². The van der Waals surface area contributed by atoms with Crippen molar-refractivity contribution >= 4 is 17.4 Å². The van der Waals surface area contributed by atoms with Gasteiger partial charge in [0.1, 0.15) is 6.10 Å². The highest BCUT2D eigenvalue weighted by Crippen LogP contribution is 2.28.